The lowest BCUT2D eigenvalue weighted by molar-refractivity contribution is 0.318. The van der Waals surface area contributed by atoms with Gasteiger partial charge in [-0.05, 0) is 25.1 Å². The second-order valence-electron chi connectivity index (χ2n) is 3.32. The monoisotopic (exact) mass is 284 g/mol. The van der Waals surface area contributed by atoms with E-state index in [0.717, 1.165) is 5.01 Å². The van der Waals surface area contributed by atoms with Gasteiger partial charge in [0.05, 0.1) is 4.90 Å². The number of hydrogen-bond acceptors (Lipinski definition) is 6. The Morgan fingerprint density at radius 2 is 2.28 bits per heavy atom. The Kier molecular flexibility index (Phi) is 3.78. The van der Waals surface area contributed by atoms with E-state index in [-0.39, 0.29) is 5.84 Å². The van der Waals surface area contributed by atoms with Gasteiger partial charge in [0.1, 0.15) is 10.8 Å². The van der Waals surface area contributed by atoms with Crippen molar-refractivity contribution < 1.29 is 9.60 Å². The van der Waals surface area contributed by atoms with Crippen LogP contribution in [0.3, 0.4) is 0 Å². The molecule has 2 rings (SSSR count). The van der Waals surface area contributed by atoms with Gasteiger partial charge in [-0.25, -0.2) is 4.39 Å². The first-order chi connectivity index (χ1) is 8.60. The molecule has 0 saturated heterocycles. The Bertz CT molecular complexity index is 599. The lowest BCUT2D eigenvalue weighted by Crippen LogP contribution is -2.13. The molecule has 18 heavy (non-hydrogen) atoms. The number of halogens is 1. The summed E-state index contributed by atoms with van der Waals surface area (Å²) in [5.41, 5.74) is 5.70. The molecule has 0 radical (unpaired) electrons. The molecule has 1 heterocycles. The molecule has 0 amide bonds. The minimum atomic E-state index is -0.447. The Labute approximate surface area is 111 Å². The van der Waals surface area contributed by atoms with E-state index in [1.165, 1.54) is 29.2 Å². The van der Waals surface area contributed by atoms with Gasteiger partial charge in [0.2, 0.25) is 0 Å². The van der Waals surface area contributed by atoms with Crippen molar-refractivity contribution in [1.82, 2.24) is 10.2 Å². The summed E-state index contributed by atoms with van der Waals surface area (Å²) in [6, 6.07) is 4.35. The highest BCUT2D eigenvalue weighted by molar-refractivity contribution is 8.01. The number of rotatable bonds is 3. The van der Waals surface area contributed by atoms with Gasteiger partial charge < -0.3 is 10.9 Å². The maximum absolute atomic E-state index is 13.8. The van der Waals surface area contributed by atoms with E-state index in [1.807, 2.05) is 6.92 Å². The molecule has 0 spiro atoms. The molecule has 8 heteroatoms. The van der Waals surface area contributed by atoms with Crippen molar-refractivity contribution in [2.45, 2.75) is 16.2 Å². The summed E-state index contributed by atoms with van der Waals surface area (Å²) in [6.07, 6.45) is 0. The first-order valence-electron chi connectivity index (χ1n) is 4.85. The van der Waals surface area contributed by atoms with Crippen LogP contribution in [0.5, 0.6) is 0 Å². The number of amidine groups is 1. The van der Waals surface area contributed by atoms with Crippen LogP contribution in [0.15, 0.2) is 32.6 Å². The highest BCUT2D eigenvalue weighted by atomic mass is 32.2. The fraction of sp³-hybridized carbons (Fsp3) is 0.100. The van der Waals surface area contributed by atoms with Crippen LogP contribution in [0.2, 0.25) is 0 Å². The van der Waals surface area contributed by atoms with Crippen LogP contribution in [-0.4, -0.2) is 21.2 Å². The maximum Gasteiger partial charge on any atom is 0.179 e. The van der Waals surface area contributed by atoms with Crippen LogP contribution < -0.4 is 5.73 Å². The predicted octanol–water partition coefficient (Wildman–Crippen LogP) is 2.23. The van der Waals surface area contributed by atoms with Crippen LogP contribution in [0.25, 0.3) is 0 Å². The van der Waals surface area contributed by atoms with Gasteiger partial charge in [0.25, 0.3) is 0 Å². The molecule has 1 aromatic heterocycles. The van der Waals surface area contributed by atoms with Gasteiger partial charge >= 0.3 is 0 Å². The summed E-state index contributed by atoms with van der Waals surface area (Å²) >= 11 is 2.58. The Balaban J connectivity index is 2.25. The predicted molar refractivity (Wildman–Crippen MR) is 67.7 cm³/mol. The van der Waals surface area contributed by atoms with Crippen molar-refractivity contribution >= 4 is 28.9 Å². The van der Waals surface area contributed by atoms with E-state index in [4.69, 9.17) is 10.9 Å². The van der Waals surface area contributed by atoms with Crippen molar-refractivity contribution in [2.24, 2.45) is 10.9 Å². The Hall–Kier alpha value is -1.67. The van der Waals surface area contributed by atoms with Crippen LogP contribution in [-0.2, 0) is 0 Å². The van der Waals surface area contributed by atoms with Crippen molar-refractivity contribution in [3.63, 3.8) is 0 Å². The van der Waals surface area contributed by atoms with E-state index in [9.17, 15) is 4.39 Å². The number of hydrogen-bond donors (Lipinski definition) is 2. The molecular weight excluding hydrogens is 275 g/mol. The molecule has 5 nitrogen and oxygen atoms in total. The van der Waals surface area contributed by atoms with Crippen LogP contribution in [0.4, 0.5) is 4.39 Å². The zero-order valence-corrected chi connectivity index (χ0v) is 10.9. The number of aryl methyl sites for hydroxylation is 1. The number of benzene rings is 1. The summed E-state index contributed by atoms with van der Waals surface area (Å²) in [7, 11) is 0. The molecule has 0 unspecified atom stereocenters. The standard InChI is InChI=1S/C10H9FN4OS2/c1-5-13-14-10(17-5)18-8-3-2-6(4-7(8)11)9(12)15-16/h2-4,16H,1H3,(H2,12,15). The molecule has 0 saturated carbocycles. The van der Waals surface area contributed by atoms with Crippen molar-refractivity contribution in [1.29, 1.82) is 0 Å². The van der Waals surface area contributed by atoms with Gasteiger partial charge in [0.15, 0.2) is 10.2 Å². The Morgan fingerprint density at radius 1 is 1.50 bits per heavy atom. The molecule has 0 bridgehead atoms. The summed E-state index contributed by atoms with van der Waals surface area (Å²) < 4.78 is 14.5. The fourth-order valence-electron chi connectivity index (χ4n) is 1.21. The summed E-state index contributed by atoms with van der Waals surface area (Å²) in [5.74, 6) is -0.575. The number of aromatic nitrogens is 2. The smallest absolute Gasteiger partial charge is 0.179 e. The van der Waals surface area contributed by atoms with Crippen molar-refractivity contribution in [2.75, 3.05) is 0 Å². The SMILES string of the molecule is Cc1nnc(Sc2ccc(/C(N)=N/O)cc2F)s1. The highest BCUT2D eigenvalue weighted by Crippen LogP contribution is 2.31. The van der Waals surface area contributed by atoms with E-state index < -0.39 is 5.82 Å². The first kappa shape index (κ1) is 12.8. The van der Waals surface area contributed by atoms with Crippen LogP contribution in [0, 0.1) is 12.7 Å². The Morgan fingerprint density at radius 3 is 2.83 bits per heavy atom. The second-order valence-corrected chi connectivity index (χ2v) is 5.79. The third-order valence-electron chi connectivity index (χ3n) is 2.04. The molecular formula is C10H9FN4OS2. The van der Waals surface area contributed by atoms with Crippen molar-refractivity contribution in [3.8, 4) is 0 Å². The van der Waals surface area contributed by atoms with Crippen molar-refractivity contribution in [3.05, 3.63) is 34.6 Å². The molecule has 0 aliphatic carbocycles. The van der Waals surface area contributed by atoms with Gasteiger partial charge in [-0.3, -0.25) is 0 Å². The van der Waals surface area contributed by atoms with E-state index >= 15 is 0 Å². The molecule has 2 aromatic rings. The number of nitrogens with zero attached hydrogens (tertiary/aromatic N) is 3. The topological polar surface area (TPSA) is 84.4 Å². The molecule has 3 N–H and O–H groups in total. The van der Waals surface area contributed by atoms with E-state index in [0.29, 0.717) is 14.8 Å². The quantitative estimate of drug-likeness (QED) is 0.391. The minimum absolute atomic E-state index is 0.128. The van der Waals surface area contributed by atoms with Crippen LogP contribution >= 0.6 is 23.1 Å². The van der Waals surface area contributed by atoms with Crippen LogP contribution in [0.1, 0.15) is 10.6 Å². The molecule has 0 atom stereocenters. The summed E-state index contributed by atoms with van der Waals surface area (Å²) in [5, 5.41) is 19.9. The normalized spacial score (nSPS) is 11.8. The van der Waals surface area contributed by atoms with Gasteiger partial charge in [0, 0.05) is 5.56 Å². The maximum atomic E-state index is 13.8. The minimum Gasteiger partial charge on any atom is -0.409 e. The van der Waals surface area contributed by atoms with E-state index in [2.05, 4.69) is 15.4 Å². The lowest BCUT2D eigenvalue weighted by atomic mass is 10.2. The summed E-state index contributed by atoms with van der Waals surface area (Å²) in [6.45, 7) is 1.83. The largest absolute Gasteiger partial charge is 0.409 e. The third kappa shape index (κ3) is 2.77. The highest BCUT2D eigenvalue weighted by Gasteiger charge is 2.10. The molecule has 0 aliphatic rings. The zero-order valence-electron chi connectivity index (χ0n) is 9.29. The average Bonchev–Trinajstić information content (AvgIpc) is 2.76. The zero-order chi connectivity index (χ0) is 13.1. The molecule has 94 valence electrons. The van der Waals surface area contributed by atoms with Gasteiger partial charge in [-0.15, -0.1) is 10.2 Å². The first-order valence-corrected chi connectivity index (χ1v) is 6.49. The molecule has 0 aliphatic heterocycles. The molecule has 0 fully saturated rings. The fourth-order valence-corrected chi connectivity index (χ4v) is 2.99. The second kappa shape index (κ2) is 5.32. The average molecular weight is 284 g/mol. The van der Waals surface area contributed by atoms with Gasteiger partial charge in [-0.2, -0.15) is 0 Å². The number of nitrogens with two attached hydrogens (primary N) is 1. The number of oxime groups is 1. The van der Waals surface area contributed by atoms with E-state index in [1.54, 1.807) is 12.1 Å². The summed E-state index contributed by atoms with van der Waals surface area (Å²) in [4.78, 5) is 0.417. The lowest BCUT2D eigenvalue weighted by Gasteiger charge is -2.02. The molecule has 1 aromatic carbocycles. The van der Waals surface area contributed by atoms with Gasteiger partial charge in [-0.1, -0.05) is 28.3 Å². The third-order valence-corrected chi connectivity index (χ3v) is 3.98.